The Balaban J connectivity index is 2.48. The molecule has 16 heavy (non-hydrogen) atoms. The van der Waals surface area contributed by atoms with Crippen LogP contribution in [0.2, 0.25) is 0 Å². The summed E-state index contributed by atoms with van der Waals surface area (Å²) in [6, 6.07) is 11.4. The van der Waals surface area contributed by atoms with Crippen molar-refractivity contribution < 1.29 is 9.90 Å². The third-order valence-electron chi connectivity index (χ3n) is 2.57. The number of carboxylic acid groups (broad SMARTS) is 1. The molecule has 1 heterocycles. The van der Waals surface area contributed by atoms with E-state index in [1.807, 2.05) is 37.3 Å². The van der Waals surface area contributed by atoms with Gasteiger partial charge in [0.05, 0.1) is 5.56 Å². The Morgan fingerprint density at radius 3 is 2.50 bits per heavy atom. The summed E-state index contributed by atoms with van der Waals surface area (Å²) in [5, 5.41) is 9.04. The highest BCUT2D eigenvalue weighted by atomic mass is 16.4. The summed E-state index contributed by atoms with van der Waals surface area (Å²) in [6.07, 6.45) is 0.689. The topological polar surface area (TPSA) is 53.1 Å². The van der Waals surface area contributed by atoms with Gasteiger partial charge >= 0.3 is 5.97 Å². The molecule has 0 aliphatic carbocycles. The molecule has 1 aromatic carbocycles. The molecular formula is C13H13NO2. The number of hydrogen-bond acceptors (Lipinski definition) is 1. The first-order valence-corrected chi connectivity index (χ1v) is 5.23. The van der Waals surface area contributed by atoms with Crippen molar-refractivity contribution in [2.75, 3.05) is 0 Å². The minimum absolute atomic E-state index is 0.362. The summed E-state index contributed by atoms with van der Waals surface area (Å²) in [5.74, 6) is -0.879. The molecule has 82 valence electrons. The van der Waals surface area contributed by atoms with E-state index in [2.05, 4.69) is 4.98 Å². The number of carboxylic acids is 1. The second-order valence-corrected chi connectivity index (χ2v) is 3.60. The van der Waals surface area contributed by atoms with E-state index in [4.69, 9.17) is 5.11 Å². The van der Waals surface area contributed by atoms with Gasteiger partial charge in [0.1, 0.15) is 0 Å². The van der Waals surface area contributed by atoms with Crippen LogP contribution in [0.1, 0.15) is 23.0 Å². The molecule has 0 radical (unpaired) electrons. The zero-order valence-electron chi connectivity index (χ0n) is 9.03. The fraction of sp³-hybridized carbons (Fsp3) is 0.154. The third kappa shape index (κ3) is 1.84. The maximum atomic E-state index is 11.0. The lowest BCUT2D eigenvalue weighted by Gasteiger charge is -1.96. The van der Waals surface area contributed by atoms with Crippen LogP contribution in [0.25, 0.3) is 11.3 Å². The minimum Gasteiger partial charge on any atom is -0.478 e. The smallest absolute Gasteiger partial charge is 0.337 e. The molecule has 3 nitrogen and oxygen atoms in total. The van der Waals surface area contributed by atoms with Gasteiger partial charge in [-0.15, -0.1) is 0 Å². The summed E-state index contributed by atoms with van der Waals surface area (Å²) in [6.45, 7) is 1.94. The Morgan fingerprint density at radius 2 is 2.00 bits per heavy atom. The van der Waals surface area contributed by atoms with Crippen LogP contribution < -0.4 is 0 Å². The molecule has 0 amide bonds. The zero-order chi connectivity index (χ0) is 11.5. The van der Waals surface area contributed by atoms with Gasteiger partial charge in [-0.05, 0) is 18.1 Å². The van der Waals surface area contributed by atoms with Crippen molar-refractivity contribution in [3.05, 3.63) is 47.7 Å². The van der Waals surface area contributed by atoms with E-state index in [0.29, 0.717) is 12.0 Å². The normalized spacial score (nSPS) is 10.3. The van der Waals surface area contributed by atoms with E-state index in [0.717, 1.165) is 17.0 Å². The van der Waals surface area contributed by atoms with Gasteiger partial charge in [-0.2, -0.15) is 0 Å². The Bertz CT molecular complexity index is 500. The average molecular weight is 215 g/mol. The number of hydrogen-bond donors (Lipinski definition) is 2. The highest BCUT2D eigenvalue weighted by Crippen LogP contribution is 2.22. The number of benzene rings is 1. The Hall–Kier alpha value is -2.03. The molecule has 0 saturated heterocycles. The van der Waals surface area contributed by atoms with E-state index in [1.165, 1.54) is 0 Å². The van der Waals surface area contributed by atoms with Crippen LogP contribution in [0.15, 0.2) is 36.4 Å². The highest BCUT2D eigenvalue weighted by molar-refractivity contribution is 5.91. The number of aromatic carboxylic acids is 1. The molecular weight excluding hydrogens is 202 g/mol. The maximum absolute atomic E-state index is 11.0. The maximum Gasteiger partial charge on any atom is 0.337 e. The lowest BCUT2D eigenvalue weighted by molar-refractivity contribution is 0.0696. The van der Waals surface area contributed by atoms with Gasteiger partial charge in [0, 0.05) is 11.4 Å². The Kier molecular flexibility index (Phi) is 2.77. The molecule has 0 saturated carbocycles. The minimum atomic E-state index is -0.879. The standard InChI is InChI=1S/C13H13NO2/c1-2-11-10(13(15)16)8-12(14-11)9-6-4-3-5-7-9/h3-8,14H,2H2,1H3,(H,15,16). The summed E-state index contributed by atoms with van der Waals surface area (Å²) < 4.78 is 0. The predicted molar refractivity (Wildman–Crippen MR) is 62.6 cm³/mol. The van der Waals surface area contributed by atoms with Gasteiger partial charge in [0.2, 0.25) is 0 Å². The van der Waals surface area contributed by atoms with Crippen molar-refractivity contribution >= 4 is 5.97 Å². The van der Waals surface area contributed by atoms with E-state index < -0.39 is 5.97 Å². The lowest BCUT2D eigenvalue weighted by Crippen LogP contribution is -1.98. The molecule has 0 aliphatic heterocycles. The number of H-pyrrole nitrogens is 1. The summed E-state index contributed by atoms with van der Waals surface area (Å²) in [7, 11) is 0. The predicted octanol–water partition coefficient (Wildman–Crippen LogP) is 2.94. The van der Waals surface area contributed by atoms with Crippen LogP contribution in [-0.2, 0) is 6.42 Å². The Labute approximate surface area is 93.7 Å². The molecule has 2 aromatic rings. The van der Waals surface area contributed by atoms with Crippen molar-refractivity contribution in [1.82, 2.24) is 4.98 Å². The second kappa shape index (κ2) is 4.23. The van der Waals surface area contributed by atoms with Gasteiger partial charge in [-0.3, -0.25) is 0 Å². The largest absolute Gasteiger partial charge is 0.478 e. The molecule has 0 aliphatic rings. The van der Waals surface area contributed by atoms with Crippen LogP contribution in [0.5, 0.6) is 0 Å². The quantitative estimate of drug-likeness (QED) is 0.827. The molecule has 0 unspecified atom stereocenters. The average Bonchev–Trinajstić information content (AvgIpc) is 2.74. The van der Waals surface area contributed by atoms with Gasteiger partial charge in [-0.25, -0.2) is 4.79 Å². The molecule has 0 atom stereocenters. The third-order valence-corrected chi connectivity index (χ3v) is 2.57. The molecule has 3 heteroatoms. The summed E-state index contributed by atoms with van der Waals surface area (Å²) in [5.41, 5.74) is 2.99. The second-order valence-electron chi connectivity index (χ2n) is 3.60. The van der Waals surface area contributed by atoms with Gasteiger partial charge in [0.25, 0.3) is 0 Å². The molecule has 0 fully saturated rings. The van der Waals surface area contributed by atoms with Crippen molar-refractivity contribution in [2.24, 2.45) is 0 Å². The van der Waals surface area contributed by atoms with Gasteiger partial charge < -0.3 is 10.1 Å². The highest BCUT2D eigenvalue weighted by Gasteiger charge is 2.13. The van der Waals surface area contributed by atoms with Crippen molar-refractivity contribution in [3.8, 4) is 11.3 Å². The van der Waals surface area contributed by atoms with E-state index in [-0.39, 0.29) is 0 Å². The van der Waals surface area contributed by atoms with Gasteiger partial charge in [-0.1, -0.05) is 37.3 Å². The zero-order valence-corrected chi connectivity index (χ0v) is 9.03. The summed E-state index contributed by atoms with van der Waals surface area (Å²) in [4.78, 5) is 14.2. The molecule has 0 spiro atoms. The van der Waals surface area contributed by atoms with Crippen LogP contribution >= 0.6 is 0 Å². The molecule has 2 N–H and O–H groups in total. The van der Waals surface area contributed by atoms with Crippen molar-refractivity contribution in [3.63, 3.8) is 0 Å². The number of nitrogens with one attached hydrogen (secondary N) is 1. The fourth-order valence-electron chi connectivity index (χ4n) is 1.74. The molecule has 1 aromatic heterocycles. The van der Waals surface area contributed by atoms with Crippen molar-refractivity contribution in [1.29, 1.82) is 0 Å². The number of rotatable bonds is 3. The van der Waals surface area contributed by atoms with Crippen LogP contribution in [0.4, 0.5) is 0 Å². The first kappa shape index (κ1) is 10.5. The number of aromatic amines is 1. The Morgan fingerprint density at radius 1 is 1.31 bits per heavy atom. The van der Waals surface area contributed by atoms with Crippen LogP contribution in [-0.4, -0.2) is 16.1 Å². The first-order valence-electron chi connectivity index (χ1n) is 5.23. The fourth-order valence-corrected chi connectivity index (χ4v) is 1.74. The van der Waals surface area contributed by atoms with Crippen LogP contribution in [0.3, 0.4) is 0 Å². The molecule has 2 rings (SSSR count). The van der Waals surface area contributed by atoms with Crippen molar-refractivity contribution in [2.45, 2.75) is 13.3 Å². The number of carbonyl (C=O) groups is 1. The summed E-state index contributed by atoms with van der Waals surface area (Å²) >= 11 is 0. The van der Waals surface area contributed by atoms with E-state index in [1.54, 1.807) is 6.07 Å². The first-order chi connectivity index (χ1) is 7.72. The van der Waals surface area contributed by atoms with E-state index >= 15 is 0 Å². The van der Waals surface area contributed by atoms with Crippen LogP contribution in [0, 0.1) is 0 Å². The SMILES string of the molecule is CCc1[nH]c(-c2ccccc2)cc1C(=O)O. The lowest BCUT2D eigenvalue weighted by atomic mass is 10.1. The monoisotopic (exact) mass is 215 g/mol. The number of aryl methyl sites for hydroxylation is 1. The van der Waals surface area contributed by atoms with E-state index in [9.17, 15) is 4.79 Å². The number of aromatic nitrogens is 1. The van der Waals surface area contributed by atoms with Gasteiger partial charge in [0.15, 0.2) is 0 Å². The molecule has 0 bridgehead atoms.